The molecule has 0 spiro atoms. The first-order valence-electron chi connectivity index (χ1n) is 5.46. The molecule has 1 aromatic carbocycles. The first-order valence-corrected chi connectivity index (χ1v) is 5.46. The van der Waals surface area contributed by atoms with Crippen LogP contribution in [0.25, 0.3) is 0 Å². The van der Waals surface area contributed by atoms with Gasteiger partial charge in [-0.25, -0.2) is 9.68 Å². The highest BCUT2D eigenvalue weighted by atomic mass is 17.2. The van der Waals surface area contributed by atoms with E-state index < -0.39 is 11.0 Å². The molecule has 1 aromatic rings. The molecule has 0 radical (unpaired) electrons. The molecule has 98 valence electrons. The van der Waals surface area contributed by atoms with Crippen LogP contribution in [0.1, 0.15) is 25.3 Å². The molecule has 0 fully saturated rings. The maximum atomic E-state index is 10.9. The number of unbranched alkanes of at least 4 members (excludes halogenated alkanes) is 1. The minimum absolute atomic E-state index is 0.0611. The standard InChI is InChI=1S/C11H14N2O5/c1-2-3-5-8-9(13(15)16)6-4-7-10(8)17-18-11(12)14/h4,6-7H,2-3,5H2,1H3,(H2,12,14). The molecule has 0 saturated carbocycles. The molecule has 0 aliphatic rings. The summed E-state index contributed by atoms with van der Waals surface area (Å²) in [6.07, 6.45) is 0.994. The van der Waals surface area contributed by atoms with Gasteiger partial charge in [0.15, 0.2) is 5.75 Å². The van der Waals surface area contributed by atoms with Crippen molar-refractivity contribution in [2.24, 2.45) is 5.73 Å². The largest absolute Gasteiger partial charge is 0.447 e. The van der Waals surface area contributed by atoms with E-state index in [2.05, 4.69) is 4.89 Å². The monoisotopic (exact) mass is 254 g/mol. The highest BCUT2D eigenvalue weighted by molar-refractivity contribution is 5.64. The zero-order chi connectivity index (χ0) is 13.5. The molecule has 1 amide bonds. The zero-order valence-electron chi connectivity index (χ0n) is 9.92. The second-order valence-corrected chi connectivity index (χ2v) is 3.60. The number of carbonyl (C=O) groups is 1. The third-order valence-corrected chi connectivity index (χ3v) is 2.30. The number of nitro groups is 1. The number of benzene rings is 1. The molecule has 0 atom stereocenters. The van der Waals surface area contributed by atoms with Gasteiger partial charge in [0, 0.05) is 6.07 Å². The van der Waals surface area contributed by atoms with Crippen LogP contribution in [0.5, 0.6) is 5.75 Å². The number of nitro benzene ring substituents is 1. The molecule has 0 aliphatic heterocycles. The van der Waals surface area contributed by atoms with Crippen LogP contribution in [0.15, 0.2) is 18.2 Å². The number of hydrogen-bond donors (Lipinski definition) is 1. The van der Waals surface area contributed by atoms with Crippen LogP contribution in [0.2, 0.25) is 0 Å². The molecule has 7 nitrogen and oxygen atoms in total. The predicted octanol–water partition coefficient (Wildman–Crippen LogP) is 2.33. The molecular weight excluding hydrogens is 240 g/mol. The maximum absolute atomic E-state index is 10.9. The summed E-state index contributed by atoms with van der Waals surface area (Å²) in [5.74, 6) is 0.136. The molecular formula is C11H14N2O5. The first kappa shape index (κ1) is 13.8. The predicted molar refractivity (Wildman–Crippen MR) is 63.0 cm³/mol. The van der Waals surface area contributed by atoms with Crippen LogP contribution in [0.3, 0.4) is 0 Å². The molecule has 7 heteroatoms. The number of primary amides is 1. The number of rotatable bonds is 6. The fourth-order valence-corrected chi connectivity index (χ4v) is 1.49. The van der Waals surface area contributed by atoms with Crippen LogP contribution in [0, 0.1) is 10.1 Å². The Balaban J connectivity index is 3.02. The van der Waals surface area contributed by atoms with Crippen molar-refractivity contribution in [1.29, 1.82) is 0 Å². The second kappa shape index (κ2) is 6.43. The van der Waals surface area contributed by atoms with Crippen LogP contribution in [0.4, 0.5) is 10.5 Å². The van der Waals surface area contributed by atoms with Gasteiger partial charge in [-0.15, -0.1) is 0 Å². The smallest absolute Gasteiger partial charge is 0.332 e. The van der Waals surface area contributed by atoms with E-state index in [9.17, 15) is 14.9 Å². The van der Waals surface area contributed by atoms with Gasteiger partial charge in [-0.3, -0.25) is 15.0 Å². The quantitative estimate of drug-likeness (QED) is 0.476. The highest BCUT2D eigenvalue weighted by Gasteiger charge is 2.19. The molecule has 1 rings (SSSR count). The Morgan fingerprint density at radius 3 is 2.78 bits per heavy atom. The maximum Gasteiger partial charge on any atom is 0.447 e. The van der Waals surface area contributed by atoms with Gasteiger partial charge in [-0.2, -0.15) is 0 Å². The molecule has 0 aliphatic carbocycles. The lowest BCUT2D eigenvalue weighted by molar-refractivity contribution is -0.385. The number of amides is 1. The van der Waals surface area contributed by atoms with Crippen molar-refractivity contribution in [2.45, 2.75) is 26.2 Å². The normalized spacial score (nSPS) is 9.83. The van der Waals surface area contributed by atoms with Crippen LogP contribution in [-0.2, 0) is 11.3 Å². The number of hydrogen-bond acceptors (Lipinski definition) is 5. The summed E-state index contributed by atoms with van der Waals surface area (Å²) in [6.45, 7) is 1.97. The van der Waals surface area contributed by atoms with E-state index in [-0.39, 0.29) is 11.4 Å². The minimum atomic E-state index is -1.11. The zero-order valence-corrected chi connectivity index (χ0v) is 9.92. The fraction of sp³-hybridized carbons (Fsp3) is 0.364. The number of nitrogens with two attached hydrogens (primary N) is 1. The Hall–Kier alpha value is -2.31. The van der Waals surface area contributed by atoms with Gasteiger partial charge in [-0.05, 0) is 18.9 Å². The second-order valence-electron chi connectivity index (χ2n) is 3.60. The van der Waals surface area contributed by atoms with Crippen molar-refractivity contribution < 1.29 is 19.5 Å². The summed E-state index contributed by atoms with van der Waals surface area (Å²) in [6, 6.07) is 4.32. The lowest BCUT2D eigenvalue weighted by Crippen LogP contribution is -2.16. The van der Waals surface area contributed by atoms with Gasteiger partial charge < -0.3 is 5.73 Å². The molecule has 18 heavy (non-hydrogen) atoms. The summed E-state index contributed by atoms with van der Waals surface area (Å²) in [7, 11) is 0. The van der Waals surface area contributed by atoms with Gasteiger partial charge in [0.1, 0.15) is 0 Å². The van der Waals surface area contributed by atoms with Gasteiger partial charge in [-0.1, -0.05) is 19.4 Å². The molecule has 0 bridgehead atoms. The summed E-state index contributed by atoms with van der Waals surface area (Å²) in [5.41, 5.74) is 5.10. The van der Waals surface area contributed by atoms with Gasteiger partial charge in [0.05, 0.1) is 10.5 Å². The Bertz CT molecular complexity index is 447. The third-order valence-electron chi connectivity index (χ3n) is 2.30. The van der Waals surface area contributed by atoms with Crippen LogP contribution < -0.4 is 10.6 Å². The van der Waals surface area contributed by atoms with E-state index >= 15 is 0 Å². The summed E-state index contributed by atoms with van der Waals surface area (Å²) in [5, 5.41) is 10.9. The van der Waals surface area contributed by atoms with E-state index in [0.717, 1.165) is 12.8 Å². The average Bonchev–Trinajstić information content (AvgIpc) is 2.33. The minimum Gasteiger partial charge on any atom is -0.332 e. The molecule has 0 aromatic heterocycles. The van der Waals surface area contributed by atoms with Crippen molar-refractivity contribution in [3.8, 4) is 5.75 Å². The van der Waals surface area contributed by atoms with Crippen LogP contribution in [-0.4, -0.2) is 11.0 Å². The van der Waals surface area contributed by atoms with Crippen molar-refractivity contribution in [3.63, 3.8) is 0 Å². The van der Waals surface area contributed by atoms with Crippen molar-refractivity contribution in [3.05, 3.63) is 33.9 Å². The lowest BCUT2D eigenvalue weighted by Gasteiger charge is -2.08. The topological polar surface area (TPSA) is 105 Å². The molecule has 2 N–H and O–H groups in total. The van der Waals surface area contributed by atoms with Gasteiger partial charge in [0.2, 0.25) is 0 Å². The van der Waals surface area contributed by atoms with Gasteiger partial charge >= 0.3 is 6.09 Å². The molecule has 0 unspecified atom stereocenters. The van der Waals surface area contributed by atoms with Crippen molar-refractivity contribution in [1.82, 2.24) is 0 Å². The van der Waals surface area contributed by atoms with Gasteiger partial charge in [0.25, 0.3) is 5.69 Å². The first-order chi connectivity index (χ1) is 8.56. The Morgan fingerprint density at radius 2 is 2.22 bits per heavy atom. The molecule has 0 saturated heterocycles. The van der Waals surface area contributed by atoms with E-state index in [4.69, 9.17) is 10.6 Å². The lowest BCUT2D eigenvalue weighted by atomic mass is 10.1. The van der Waals surface area contributed by atoms with Crippen molar-refractivity contribution >= 4 is 11.8 Å². The van der Waals surface area contributed by atoms with E-state index in [1.165, 1.54) is 18.2 Å². The van der Waals surface area contributed by atoms with E-state index in [1.807, 2.05) is 6.92 Å². The SMILES string of the molecule is CCCCc1c(OOC(N)=O)cccc1[N+](=O)[O-]. The number of carbonyl (C=O) groups excluding carboxylic acids is 1. The number of nitrogens with zero attached hydrogens (tertiary/aromatic N) is 1. The Labute approximate surface area is 104 Å². The third kappa shape index (κ3) is 3.62. The van der Waals surface area contributed by atoms with E-state index in [0.29, 0.717) is 12.0 Å². The van der Waals surface area contributed by atoms with Crippen LogP contribution >= 0.6 is 0 Å². The Kier molecular flexibility index (Phi) is 4.91. The Morgan fingerprint density at radius 1 is 1.50 bits per heavy atom. The van der Waals surface area contributed by atoms with Crippen molar-refractivity contribution in [2.75, 3.05) is 0 Å². The summed E-state index contributed by atoms with van der Waals surface area (Å²) < 4.78 is 0. The van der Waals surface area contributed by atoms with E-state index in [1.54, 1.807) is 0 Å². The summed E-state index contributed by atoms with van der Waals surface area (Å²) >= 11 is 0. The molecule has 0 heterocycles. The average molecular weight is 254 g/mol. The summed E-state index contributed by atoms with van der Waals surface area (Å²) in [4.78, 5) is 29.8. The fourth-order valence-electron chi connectivity index (χ4n) is 1.49. The highest BCUT2D eigenvalue weighted by Crippen LogP contribution is 2.30.